The molecule has 0 spiro atoms. The van der Waals surface area contributed by atoms with Gasteiger partial charge in [-0.25, -0.2) is 0 Å². The van der Waals surface area contributed by atoms with Crippen molar-refractivity contribution in [2.45, 2.75) is 13.5 Å². The predicted molar refractivity (Wildman–Crippen MR) is 84.9 cm³/mol. The quantitative estimate of drug-likeness (QED) is 0.695. The predicted octanol–water partition coefficient (Wildman–Crippen LogP) is 2.74. The molecule has 0 saturated heterocycles. The van der Waals surface area contributed by atoms with E-state index in [0.717, 1.165) is 11.1 Å². The van der Waals surface area contributed by atoms with Gasteiger partial charge in [0, 0.05) is 29.7 Å². The van der Waals surface area contributed by atoms with Crippen molar-refractivity contribution in [1.29, 1.82) is 5.26 Å². The molecule has 3 aromatic rings. The number of pyridine rings is 1. The van der Waals surface area contributed by atoms with Crippen LogP contribution in [0.15, 0.2) is 55.1 Å². The lowest BCUT2D eigenvalue weighted by molar-refractivity contribution is 0.103. The standard InChI is InChI=1S/C18H14N4O/c1-13-8-21-22(11-13)12-14-2-4-16(5-3-14)18(23)17-6-15(7-19)9-20-10-17/h2-6,8-11H,12H2,1H3. The SMILES string of the molecule is Cc1cnn(Cc2ccc(C(=O)c3cncc(C#N)c3)cc2)c1. The second kappa shape index (κ2) is 6.24. The van der Waals surface area contributed by atoms with Gasteiger partial charge in [-0.2, -0.15) is 10.4 Å². The Labute approximate surface area is 133 Å². The average Bonchev–Trinajstić information content (AvgIpc) is 3.00. The van der Waals surface area contributed by atoms with Crippen LogP contribution in [0.3, 0.4) is 0 Å². The van der Waals surface area contributed by atoms with Gasteiger partial charge in [-0.1, -0.05) is 24.3 Å². The number of nitrogens with zero attached hydrogens (tertiary/aromatic N) is 4. The van der Waals surface area contributed by atoms with E-state index in [4.69, 9.17) is 5.26 Å². The minimum absolute atomic E-state index is 0.143. The summed E-state index contributed by atoms with van der Waals surface area (Å²) < 4.78 is 1.85. The molecule has 0 unspecified atom stereocenters. The molecule has 5 nitrogen and oxygen atoms in total. The van der Waals surface area contributed by atoms with E-state index in [1.807, 2.05) is 42.2 Å². The normalized spacial score (nSPS) is 10.3. The van der Waals surface area contributed by atoms with Crippen LogP contribution in [0.25, 0.3) is 0 Å². The molecular weight excluding hydrogens is 288 g/mol. The molecule has 0 N–H and O–H groups in total. The number of carbonyl (C=O) groups is 1. The molecule has 0 bridgehead atoms. The lowest BCUT2D eigenvalue weighted by Gasteiger charge is -2.05. The van der Waals surface area contributed by atoms with Crippen LogP contribution in [0.5, 0.6) is 0 Å². The molecule has 3 rings (SSSR count). The van der Waals surface area contributed by atoms with E-state index in [-0.39, 0.29) is 5.78 Å². The molecule has 0 fully saturated rings. The van der Waals surface area contributed by atoms with E-state index < -0.39 is 0 Å². The van der Waals surface area contributed by atoms with Gasteiger partial charge in [0.1, 0.15) is 6.07 Å². The van der Waals surface area contributed by atoms with Gasteiger partial charge in [0.15, 0.2) is 5.78 Å². The zero-order valence-corrected chi connectivity index (χ0v) is 12.6. The van der Waals surface area contributed by atoms with Gasteiger partial charge < -0.3 is 0 Å². The maximum atomic E-state index is 12.4. The first-order valence-corrected chi connectivity index (χ1v) is 7.13. The van der Waals surface area contributed by atoms with E-state index >= 15 is 0 Å². The zero-order chi connectivity index (χ0) is 16.2. The van der Waals surface area contributed by atoms with Crippen molar-refractivity contribution in [2.75, 3.05) is 0 Å². The molecule has 1 aromatic carbocycles. The molecule has 23 heavy (non-hydrogen) atoms. The number of hydrogen-bond acceptors (Lipinski definition) is 4. The van der Waals surface area contributed by atoms with Crippen molar-refractivity contribution in [1.82, 2.24) is 14.8 Å². The van der Waals surface area contributed by atoms with Crippen LogP contribution >= 0.6 is 0 Å². The summed E-state index contributed by atoms with van der Waals surface area (Å²) in [5.41, 5.74) is 3.54. The highest BCUT2D eigenvalue weighted by atomic mass is 16.1. The smallest absolute Gasteiger partial charge is 0.194 e. The van der Waals surface area contributed by atoms with Gasteiger partial charge in [-0.3, -0.25) is 14.5 Å². The highest BCUT2D eigenvalue weighted by Gasteiger charge is 2.10. The van der Waals surface area contributed by atoms with E-state index in [0.29, 0.717) is 23.2 Å². The fourth-order valence-electron chi connectivity index (χ4n) is 2.29. The molecule has 2 aromatic heterocycles. The number of rotatable bonds is 4. The summed E-state index contributed by atoms with van der Waals surface area (Å²) in [6.07, 6.45) is 6.70. The fraction of sp³-hybridized carbons (Fsp3) is 0.111. The van der Waals surface area contributed by atoms with Gasteiger partial charge in [0.2, 0.25) is 0 Å². The van der Waals surface area contributed by atoms with Crippen molar-refractivity contribution in [3.63, 3.8) is 0 Å². The molecule has 0 aliphatic rings. The van der Waals surface area contributed by atoms with Crippen molar-refractivity contribution in [3.05, 3.63) is 82.9 Å². The molecule has 0 radical (unpaired) electrons. The van der Waals surface area contributed by atoms with Crippen molar-refractivity contribution < 1.29 is 4.79 Å². The summed E-state index contributed by atoms with van der Waals surface area (Å²) in [4.78, 5) is 16.3. The molecule has 0 saturated carbocycles. The molecule has 0 amide bonds. The van der Waals surface area contributed by atoms with Gasteiger partial charge in [-0.15, -0.1) is 0 Å². The van der Waals surface area contributed by atoms with Crippen LogP contribution in [0.4, 0.5) is 0 Å². The Morgan fingerprint density at radius 1 is 1.17 bits per heavy atom. The average molecular weight is 302 g/mol. The lowest BCUT2D eigenvalue weighted by atomic mass is 10.0. The maximum absolute atomic E-state index is 12.4. The summed E-state index contributed by atoms with van der Waals surface area (Å²) in [6, 6.07) is 10.9. The molecular formula is C18H14N4O. The molecule has 0 aliphatic heterocycles. The fourth-order valence-corrected chi connectivity index (χ4v) is 2.29. The monoisotopic (exact) mass is 302 g/mol. The Morgan fingerprint density at radius 3 is 2.61 bits per heavy atom. The Kier molecular flexibility index (Phi) is 3.98. The third-order valence-corrected chi connectivity index (χ3v) is 3.45. The topological polar surface area (TPSA) is 71.6 Å². The third-order valence-electron chi connectivity index (χ3n) is 3.45. The highest BCUT2D eigenvalue weighted by Crippen LogP contribution is 2.12. The van der Waals surface area contributed by atoms with Crippen molar-refractivity contribution in [2.24, 2.45) is 0 Å². The Morgan fingerprint density at radius 2 is 1.96 bits per heavy atom. The van der Waals surface area contributed by atoms with Crippen molar-refractivity contribution >= 4 is 5.78 Å². The third kappa shape index (κ3) is 3.33. The van der Waals surface area contributed by atoms with Crippen LogP contribution in [-0.2, 0) is 6.54 Å². The largest absolute Gasteiger partial charge is 0.289 e. The molecule has 2 heterocycles. The maximum Gasteiger partial charge on any atom is 0.194 e. The summed E-state index contributed by atoms with van der Waals surface area (Å²) in [7, 11) is 0. The number of carbonyl (C=O) groups excluding carboxylic acids is 1. The first kappa shape index (κ1) is 14.7. The Hall–Kier alpha value is -3.26. The van der Waals surface area contributed by atoms with Crippen LogP contribution in [-0.4, -0.2) is 20.5 Å². The number of nitriles is 1. The van der Waals surface area contributed by atoms with Gasteiger partial charge in [-0.05, 0) is 24.1 Å². The summed E-state index contributed by atoms with van der Waals surface area (Å²) in [5.74, 6) is -0.143. The van der Waals surface area contributed by atoms with Crippen LogP contribution < -0.4 is 0 Å². The summed E-state index contributed by atoms with van der Waals surface area (Å²) in [5, 5.41) is 13.1. The second-order valence-corrected chi connectivity index (χ2v) is 5.32. The second-order valence-electron chi connectivity index (χ2n) is 5.32. The zero-order valence-electron chi connectivity index (χ0n) is 12.6. The summed E-state index contributed by atoms with van der Waals surface area (Å²) in [6.45, 7) is 2.66. The molecule has 112 valence electrons. The summed E-state index contributed by atoms with van der Waals surface area (Å²) >= 11 is 0. The number of benzene rings is 1. The lowest BCUT2D eigenvalue weighted by Crippen LogP contribution is -2.04. The van der Waals surface area contributed by atoms with Crippen molar-refractivity contribution in [3.8, 4) is 6.07 Å². The first-order chi connectivity index (χ1) is 11.2. The van der Waals surface area contributed by atoms with Crippen LogP contribution in [0.1, 0.15) is 32.6 Å². The van der Waals surface area contributed by atoms with Gasteiger partial charge in [0.25, 0.3) is 0 Å². The minimum atomic E-state index is -0.143. The molecule has 5 heteroatoms. The molecule has 0 aliphatic carbocycles. The van der Waals surface area contributed by atoms with E-state index in [1.165, 1.54) is 12.4 Å². The number of ketones is 1. The van der Waals surface area contributed by atoms with E-state index in [9.17, 15) is 4.79 Å². The minimum Gasteiger partial charge on any atom is -0.289 e. The van der Waals surface area contributed by atoms with E-state index in [1.54, 1.807) is 18.2 Å². The van der Waals surface area contributed by atoms with E-state index in [2.05, 4.69) is 10.1 Å². The number of aryl methyl sites for hydroxylation is 1. The Balaban J connectivity index is 1.78. The first-order valence-electron chi connectivity index (χ1n) is 7.13. The number of hydrogen-bond donors (Lipinski definition) is 0. The van der Waals surface area contributed by atoms with Gasteiger partial charge >= 0.3 is 0 Å². The van der Waals surface area contributed by atoms with Crippen LogP contribution in [0.2, 0.25) is 0 Å². The Bertz CT molecular complexity index is 888. The van der Waals surface area contributed by atoms with Gasteiger partial charge in [0.05, 0.1) is 18.3 Å². The number of aromatic nitrogens is 3. The molecule has 0 atom stereocenters. The van der Waals surface area contributed by atoms with Crippen LogP contribution in [0, 0.1) is 18.3 Å². The highest BCUT2D eigenvalue weighted by molar-refractivity contribution is 6.08.